The van der Waals surface area contributed by atoms with Crippen molar-refractivity contribution in [2.75, 3.05) is 14.2 Å². The van der Waals surface area contributed by atoms with E-state index in [-0.39, 0.29) is 6.04 Å². The fourth-order valence-electron chi connectivity index (χ4n) is 3.59. The van der Waals surface area contributed by atoms with Gasteiger partial charge in [-0.15, -0.1) is 0 Å². The van der Waals surface area contributed by atoms with Crippen molar-refractivity contribution >= 4 is 6.29 Å². The molecule has 1 heterocycles. The Kier molecular flexibility index (Phi) is 3.69. The van der Waals surface area contributed by atoms with E-state index in [0.717, 1.165) is 47.4 Å². The van der Waals surface area contributed by atoms with Gasteiger partial charge in [-0.25, -0.2) is 0 Å². The lowest BCUT2D eigenvalue weighted by atomic mass is 10.0. The van der Waals surface area contributed by atoms with E-state index in [1.165, 1.54) is 11.1 Å². The van der Waals surface area contributed by atoms with E-state index < -0.39 is 0 Å². The van der Waals surface area contributed by atoms with E-state index >= 15 is 0 Å². The number of fused-ring (bicyclic) bond motifs is 1. The second kappa shape index (κ2) is 5.52. The quantitative estimate of drug-likeness (QED) is 0.812. The van der Waals surface area contributed by atoms with Crippen molar-refractivity contribution in [3.63, 3.8) is 0 Å². The Hall–Kier alpha value is -2.23. The fraction of sp³-hybridized carbons (Fsp3) is 0.389. The zero-order valence-corrected chi connectivity index (χ0v) is 13.5. The minimum absolute atomic E-state index is 0.183. The molecule has 116 valence electrons. The van der Waals surface area contributed by atoms with Crippen LogP contribution in [0.25, 0.3) is 0 Å². The summed E-state index contributed by atoms with van der Waals surface area (Å²) in [5, 5.41) is 0. The lowest BCUT2D eigenvalue weighted by Gasteiger charge is -2.19. The second-order valence-electron chi connectivity index (χ2n) is 5.85. The van der Waals surface area contributed by atoms with Gasteiger partial charge in [-0.2, -0.15) is 0 Å². The summed E-state index contributed by atoms with van der Waals surface area (Å²) in [5.74, 6) is 1.64. The van der Waals surface area contributed by atoms with Gasteiger partial charge in [0.25, 0.3) is 0 Å². The maximum absolute atomic E-state index is 11.3. The lowest BCUT2D eigenvalue weighted by Crippen LogP contribution is -2.10. The second-order valence-corrected chi connectivity index (χ2v) is 5.85. The minimum atomic E-state index is 0.183. The summed E-state index contributed by atoms with van der Waals surface area (Å²) in [7, 11) is 3.35. The molecule has 0 spiro atoms. The summed E-state index contributed by atoms with van der Waals surface area (Å²) in [6.07, 6.45) is 4.87. The first-order valence-corrected chi connectivity index (χ1v) is 7.48. The number of carbonyl (C=O) groups excluding carboxylic acids is 1. The largest absolute Gasteiger partial charge is 0.493 e. The number of methoxy groups -OCH3 is 2. The van der Waals surface area contributed by atoms with Crippen molar-refractivity contribution in [2.45, 2.75) is 32.7 Å². The van der Waals surface area contributed by atoms with Gasteiger partial charge in [-0.3, -0.25) is 4.79 Å². The molecule has 0 fully saturated rings. The van der Waals surface area contributed by atoms with Crippen molar-refractivity contribution in [3.8, 4) is 11.5 Å². The van der Waals surface area contributed by atoms with Crippen molar-refractivity contribution in [2.24, 2.45) is 0 Å². The maximum atomic E-state index is 11.3. The monoisotopic (exact) mass is 299 g/mol. The molecule has 0 aliphatic heterocycles. The molecule has 0 saturated heterocycles. The lowest BCUT2D eigenvalue weighted by molar-refractivity contribution is 0.111. The third-order valence-electron chi connectivity index (χ3n) is 4.47. The first-order chi connectivity index (χ1) is 10.6. The minimum Gasteiger partial charge on any atom is -0.493 e. The molecule has 1 aliphatic rings. The highest BCUT2D eigenvalue weighted by molar-refractivity contribution is 5.73. The van der Waals surface area contributed by atoms with Crippen molar-refractivity contribution in [1.82, 2.24) is 4.57 Å². The Balaban J connectivity index is 2.16. The number of ether oxygens (including phenoxy) is 2. The molecule has 1 atom stereocenters. The van der Waals surface area contributed by atoms with E-state index in [9.17, 15) is 4.79 Å². The van der Waals surface area contributed by atoms with E-state index in [1.807, 2.05) is 19.9 Å². The predicted molar refractivity (Wildman–Crippen MR) is 85.3 cm³/mol. The number of nitrogens with zero attached hydrogens (tertiary/aromatic N) is 1. The summed E-state index contributed by atoms with van der Waals surface area (Å²) in [5.41, 5.74) is 5.31. The standard InChI is InChI=1S/C18H21NO3/c1-11-7-13(10-20)19(9-11)16-6-5-14-15(16)8-12(2)17(21-3)18(14)22-4/h7-10,16H,5-6H2,1-4H3. The molecule has 0 radical (unpaired) electrons. The SMILES string of the molecule is COc1c(C)cc2c(c1OC)CCC2n1cc(C)cc1C=O. The molecule has 4 nitrogen and oxygen atoms in total. The van der Waals surface area contributed by atoms with Crippen LogP contribution in [0.4, 0.5) is 0 Å². The zero-order chi connectivity index (χ0) is 15.9. The number of aryl methyl sites for hydroxylation is 2. The molecule has 22 heavy (non-hydrogen) atoms. The molecule has 0 saturated carbocycles. The molecule has 4 heteroatoms. The van der Waals surface area contributed by atoms with Crippen LogP contribution in [-0.4, -0.2) is 25.1 Å². The Bertz CT molecular complexity index is 730. The van der Waals surface area contributed by atoms with E-state index in [1.54, 1.807) is 14.2 Å². The summed E-state index contributed by atoms with van der Waals surface area (Å²) < 4.78 is 13.2. The van der Waals surface area contributed by atoms with Crippen molar-refractivity contribution in [3.05, 3.63) is 46.3 Å². The van der Waals surface area contributed by atoms with Crippen LogP contribution in [0.2, 0.25) is 0 Å². The van der Waals surface area contributed by atoms with Gasteiger partial charge in [-0.05, 0) is 55.5 Å². The molecule has 0 N–H and O–H groups in total. The molecule has 0 bridgehead atoms. The van der Waals surface area contributed by atoms with Crippen LogP contribution in [0.5, 0.6) is 11.5 Å². The smallest absolute Gasteiger partial charge is 0.166 e. The average molecular weight is 299 g/mol. The van der Waals surface area contributed by atoms with E-state index in [2.05, 4.69) is 16.8 Å². The number of benzene rings is 1. The maximum Gasteiger partial charge on any atom is 0.166 e. The number of hydrogen-bond acceptors (Lipinski definition) is 3. The number of aldehydes is 1. The molecule has 1 aliphatic carbocycles. The fourth-order valence-corrected chi connectivity index (χ4v) is 3.59. The number of hydrogen-bond donors (Lipinski definition) is 0. The molecule has 1 unspecified atom stereocenters. The Morgan fingerprint density at radius 2 is 1.91 bits per heavy atom. The van der Waals surface area contributed by atoms with Gasteiger partial charge >= 0.3 is 0 Å². The van der Waals surface area contributed by atoms with Crippen LogP contribution >= 0.6 is 0 Å². The van der Waals surface area contributed by atoms with Gasteiger partial charge in [-0.1, -0.05) is 0 Å². The molecular formula is C18H21NO3. The first kappa shape index (κ1) is 14.7. The van der Waals surface area contributed by atoms with Gasteiger partial charge in [0, 0.05) is 11.8 Å². The zero-order valence-electron chi connectivity index (χ0n) is 13.5. The normalized spacial score (nSPS) is 16.5. The van der Waals surface area contributed by atoms with E-state index in [0.29, 0.717) is 0 Å². The molecule has 2 aromatic rings. The van der Waals surface area contributed by atoms with Gasteiger partial charge in [0.2, 0.25) is 0 Å². The van der Waals surface area contributed by atoms with Crippen LogP contribution in [0, 0.1) is 13.8 Å². The van der Waals surface area contributed by atoms with Crippen LogP contribution in [0.1, 0.15) is 45.2 Å². The summed E-state index contributed by atoms with van der Waals surface area (Å²) in [4.78, 5) is 11.3. The van der Waals surface area contributed by atoms with Crippen LogP contribution in [-0.2, 0) is 6.42 Å². The first-order valence-electron chi connectivity index (χ1n) is 7.48. The Morgan fingerprint density at radius 3 is 2.55 bits per heavy atom. The molecule has 1 aromatic heterocycles. The molecule has 3 rings (SSSR count). The average Bonchev–Trinajstić information content (AvgIpc) is 3.08. The van der Waals surface area contributed by atoms with Gasteiger partial charge in [0.05, 0.1) is 26.0 Å². The van der Waals surface area contributed by atoms with Crippen LogP contribution < -0.4 is 9.47 Å². The summed E-state index contributed by atoms with van der Waals surface area (Å²) in [6, 6.07) is 4.28. The molecule has 0 amide bonds. The van der Waals surface area contributed by atoms with Crippen LogP contribution in [0.3, 0.4) is 0 Å². The van der Waals surface area contributed by atoms with Gasteiger partial charge in [0.15, 0.2) is 17.8 Å². The highest BCUT2D eigenvalue weighted by Crippen LogP contribution is 2.46. The molecular weight excluding hydrogens is 278 g/mol. The number of carbonyl (C=O) groups is 1. The van der Waals surface area contributed by atoms with Crippen molar-refractivity contribution < 1.29 is 14.3 Å². The van der Waals surface area contributed by atoms with Gasteiger partial charge in [0.1, 0.15) is 0 Å². The predicted octanol–water partition coefficient (Wildman–Crippen LogP) is 3.47. The van der Waals surface area contributed by atoms with E-state index in [4.69, 9.17) is 9.47 Å². The van der Waals surface area contributed by atoms with Gasteiger partial charge < -0.3 is 14.0 Å². The number of rotatable bonds is 4. The third kappa shape index (κ3) is 2.10. The highest BCUT2D eigenvalue weighted by Gasteiger charge is 2.30. The molecule has 1 aromatic carbocycles. The Morgan fingerprint density at radius 1 is 1.18 bits per heavy atom. The summed E-state index contributed by atoms with van der Waals surface area (Å²) >= 11 is 0. The van der Waals surface area contributed by atoms with Crippen molar-refractivity contribution in [1.29, 1.82) is 0 Å². The topological polar surface area (TPSA) is 40.5 Å². The number of aromatic nitrogens is 1. The Labute approximate surface area is 130 Å². The summed E-state index contributed by atoms with van der Waals surface area (Å²) in [6.45, 7) is 4.04. The van der Waals surface area contributed by atoms with Crippen LogP contribution in [0.15, 0.2) is 18.3 Å². The highest BCUT2D eigenvalue weighted by atomic mass is 16.5. The third-order valence-corrected chi connectivity index (χ3v) is 4.47.